The molecule has 0 saturated carbocycles. The molecular weight excluding hydrogens is 560 g/mol. The summed E-state index contributed by atoms with van der Waals surface area (Å²) in [4.78, 5) is 20.8. The molecule has 0 radical (unpaired) electrons. The van der Waals surface area contributed by atoms with Gasteiger partial charge in [-0.25, -0.2) is 19.9 Å². The predicted molar refractivity (Wildman–Crippen MR) is 189 cm³/mol. The number of hydrogen-bond donors (Lipinski definition) is 0. The van der Waals surface area contributed by atoms with Gasteiger partial charge in [0.1, 0.15) is 0 Å². The molecule has 4 heteroatoms. The van der Waals surface area contributed by atoms with Gasteiger partial charge >= 0.3 is 0 Å². The summed E-state index contributed by atoms with van der Waals surface area (Å²) in [5.74, 6) is 0.668. The number of fused-ring (bicyclic) bond motifs is 5. The van der Waals surface area contributed by atoms with Gasteiger partial charge in [-0.15, -0.1) is 0 Å². The van der Waals surface area contributed by atoms with Crippen molar-refractivity contribution < 1.29 is 0 Å². The van der Waals surface area contributed by atoms with Crippen LogP contribution in [0.2, 0.25) is 0 Å². The van der Waals surface area contributed by atoms with Crippen LogP contribution < -0.4 is 0 Å². The molecule has 0 atom stereocenters. The summed E-state index contributed by atoms with van der Waals surface area (Å²) in [6, 6.07) is 54.3. The second-order valence-electron chi connectivity index (χ2n) is 11.5. The molecule has 0 bridgehead atoms. The standard InChI is InChI=1S/C42H26N4/c1-2-12-28(13-3-1)36-25-23-29-21-22-30-24-26-38(44-40(30)39(29)43-36)32-16-6-7-17-34(32)42-45-37-20-9-8-18-35(37)41(46-42)33-19-10-14-27-11-4-5-15-31(27)33/h1-26H. The minimum Gasteiger partial charge on any atom is -0.245 e. The Hall–Kier alpha value is -6.26. The molecule has 3 aromatic heterocycles. The lowest BCUT2D eigenvalue weighted by Crippen LogP contribution is -1.98. The highest BCUT2D eigenvalue weighted by atomic mass is 14.9. The SMILES string of the molecule is c1ccc(-c2ccc3ccc4ccc(-c5ccccc5-c5nc(-c6cccc7ccccc67)c6ccccc6n5)nc4c3n2)cc1. The third kappa shape index (κ3) is 4.39. The van der Waals surface area contributed by atoms with Gasteiger partial charge in [0.15, 0.2) is 5.82 Å². The maximum absolute atomic E-state index is 5.28. The van der Waals surface area contributed by atoms with E-state index in [1.54, 1.807) is 0 Å². The number of rotatable bonds is 4. The van der Waals surface area contributed by atoms with Crippen LogP contribution in [-0.4, -0.2) is 19.9 Å². The van der Waals surface area contributed by atoms with Crippen molar-refractivity contribution in [2.75, 3.05) is 0 Å². The molecule has 9 rings (SSSR count). The van der Waals surface area contributed by atoms with Crippen molar-refractivity contribution >= 4 is 43.5 Å². The van der Waals surface area contributed by atoms with Gasteiger partial charge in [-0.3, -0.25) is 0 Å². The van der Waals surface area contributed by atoms with Crippen LogP contribution in [0.15, 0.2) is 158 Å². The molecule has 0 aliphatic carbocycles. The molecule has 0 spiro atoms. The summed E-state index contributed by atoms with van der Waals surface area (Å²) in [5.41, 5.74) is 9.44. The molecule has 4 nitrogen and oxygen atoms in total. The van der Waals surface area contributed by atoms with Gasteiger partial charge in [0, 0.05) is 38.4 Å². The topological polar surface area (TPSA) is 51.6 Å². The van der Waals surface area contributed by atoms with E-state index in [2.05, 4.69) is 121 Å². The minimum absolute atomic E-state index is 0.668. The predicted octanol–water partition coefficient (Wildman–Crippen LogP) is 10.5. The molecule has 0 unspecified atom stereocenters. The number of aromatic nitrogens is 4. The summed E-state index contributed by atoms with van der Waals surface area (Å²) < 4.78 is 0. The van der Waals surface area contributed by atoms with E-state index in [1.165, 1.54) is 10.8 Å². The van der Waals surface area contributed by atoms with E-state index in [9.17, 15) is 0 Å². The van der Waals surface area contributed by atoms with E-state index >= 15 is 0 Å². The second kappa shape index (κ2) is 10.7. The zero-order valence-electron chi connectivity index (χ0n) is 24.8. The molecule has 214 valence electrons. The van der Waals surface area contributed by atoms with Gasteiger partial charge in [-0.2, -0.15) is 0 Å². The largest absolute Gasteiger partial charge is 0.245 e. The average Bonchev–Trinajstić information content (AvgIpc) is 3.14. The molecule has 0 amide bonds. The molecule has 0 aliphatic heterocycles. The molecule has 3 heterocycles. The molecule has 46 heavy (non-hydrogen) atoms. The monoisotopic (exact) mass is 586 g/mol. The summed E-state index contributed by atoms with van der Waals surface area (Å²) >= 11 is 0. The van der Waals surface area contributed by atoms with Crippen LogP contribution in [0.25, 0.3) is 88.6 Å². The first-order valence-corrected chi connectivity index (χ1v) is 15.4. The molecular formula is C42H26N4. The van der Waals surface area contributed by atoms with Crippen LogP contribution in [0.5, 0.6) is 0 Å². The van der Waals surface area contributed by atoms with Gasteiger partial charge in [-0.05, 0) is 29.0 Å². The van der Waals surface area contributed by atoms with Crippen molar-refractivity contribution in [1.29, 1.82) is 0 Å². The van der Waals surface area contributed by atoms with Gasteiger partial charge in [0.05, 0.1) is 33.6 Å². The third-order valence-electron chi connectivity index (χ3n) is 8.68. The summed E-state index contributed by atoms with van der Waals surface area (Å²) in [5, 5.41) is 5.48. The van der Waals surface area contributed by atoms with Crippen molar-refractivity contribution in [2.45, 2.75) is 0 Å². The first-order chi connectivity index (χ1) is 22.8. The van der Waals surface area contributed by atoms with Crippen molar-refractivity contribution in [3.05, 3.63) is 158 Å². The number of pyridine rings is 2. The fraction of sp³-hybridized carbons (Fsp3) is 0. The van der Waals surface area contributed by atoms with E-state index in [0.717, 1.165) is 72.0 Å². The highest BCUT2D eigenvalue weighted by Gasteiger charge is 2.17. The molecule has 9 aromatic rings. The second-order valence-corrected chi connectivity index (χ2v) is 11.5. The van der Waals surface area contributed by atoms with E-state index in [4.69, 9.17) is 19.9 Å². The van der Waals surface area contributed by atoms with Crippen LogP contribution in [0.3, 0.4) is 0 Å². The summed E-state index contributed by atoms with van der Waals surface area (Å²) in [7, 11) is 0. The lowest BCUT2D eigenvalue weighted by molar-refractivity contribution is 1.23. The number of nitrogens with zero attached hydrogens (tertiary/aromatic N) is 4. The first-order valence-electron chi connectivity index (χ1n) is 15.4. The highest BCUT2D eigenvalue weighted by molar-refractivity contribution is 6.05. The maximum atomic E-state index is 5.28. The first kappa shape index (κ1) is 26.2. The summed E-state index contributed by atoms with van der Waals surface area (Å²) in [6.45, 7) is 0. The Morgan fingerprint density at radius 1 is 0.326 bits per heavy atom. The Kier molecular flexibility index (Phi) is 6.10. The quantitative estimate of drug-likeness (QED) is 0.193. The number of benzene rings is 6. The Labute approximate surface area is 265 Å². The Morgan fingerprint density at radius 2 is 0.913 bits per heavy atom. The Morgan fingerprint density at radius 3 is 1.74 bits per heavy atom. The minimum atomic E-state index is 0.668. The van der Waals surface area contributed by atoms with Gasteiger partial charge in [0.25, 0.3) is 0 Å². The van der Waals surface area contributed by atoms with Gasteiger partial charge < -0.3 is 0 Å². The average molecular weight is 587 g/mol. The van der Waals surface area contributed by atoms with Crippen molar-refractivity contribution in [2.24, 2.45) is 0 Å². The van der Waals surface area contributed by atoms with E-state index in [1.807, 2.05) is 36.4 Å². The van der Waals surface area contributed by atoms with Crippen LogP contribution in [-0.2, 0) is 0 Å². The molecule has 6 aromatic carbocycles. The van der Waals surface area contributed by atoms with Gasteiger partial charge in [-0.1, -0.05) is 140 Å². The van der Waals surface area contributed by atoms with Gasteiger partial charge in [0.2, 0.25) is 0 Å². The van der Waals surface area contributed by atoms with Crippen LogP contribution >= 0.6 is 0 Å². The van der Waals surface area contributed by atoms with Crippen LogP contribution in [0.4, 0.5) is 0 Å². The van der Waals surface area contributed by atoms with Crippen molar-refractivity contribution in [1.82, 2.24) is 19.9 Å². The molecule has 0 fully saturated rings. The maximum Gasteiger partial charge on any atom is 0.161 e. The molecule has 0 aliphatic rings. The highest BCUT2D eigenvalue weighted by Crippen LogP contribution is 2.37. The summed E-state index contributed by atoms with van der Waals surface area (Å²) in [6.07, 6.45) is 0. The fourth-order valence-electron chi connectivity index (χ4n) is 6.42. The third-order valence-corrected chi connectivity index (χ3v) is 8.68. The number of hydrogen-bond acceptors (Lipinski definition) is 4. The van der Waals surface area contributed by atoms with E-state index in [-0.39, 0.29) is 0 Å². The van der Waals surface area contributed by atoms with Crippen LogP contribution in [0, 0.1) is 0 Å². The van der Waals surface area contributed by atoms with E-state index < -0.39 is 0 Å². The smallest absolute Gasteiger partial charge is 0.161 e. The number of para-hydroxylation sites is 1. The zero-order chi connectivity index (χ0) is 30.5. The molecule has 0 N–H and O–H groups in total. The zero-order valence-corrected chi connectivity index (χ0v) is 24.8. The lowest BCUT2D eigenvalue weighted by atomic mass is 9.98. The van der Waals surface area contributed by atoms with Crippen molar-refractivity contribution in [3.8, 4) is 45.2 Å². The normalized spacial score (nSPS) is 11.5. The van der Waals surface area contributed by atoms with Crippen LogP contribution in [0.1, 0.15) is 0 Å². The molecule has 0 saturated heterocycles. The van der Waals surface area contributed by atoms with E-state index in [0.29, 0.717) is 5.82 Å². The lowest BCUT2D eigenvalue weighted by Gasteiger charge is -2.14. The Bertz CT molecular complexity index is 2590. The van der Waals surface area contributed by atoms with Crippen molar-refractivity contribution in [3.63, 3.8) is 0 Å². The fourth-order valence-corrected chi connectivity index (χ4v) is 6.42. The Balaban J connectivity index is 1.25.